The van der Waals surface area contributed by atoms with Crippen molar-refractivity contribution < 1.29 is 14.7 Å². The average Bonchev–Trinajstić information content (AvgIpc) is 2.28. The number of aliphatic carboxylic acids is 1. The molecule has 2 atom stereocenters. The normalized spacial score (nSPS) is 13.8. The Morgan fingerprint density at radius 2 is 1.94 bits per heavy atom. The van der Waals surface area contributed by atoms with Crippen LogP contribution in [0, 0.1) is 0 Å². The summed E-state index contributed by atoms with van der Waals surface area (Å²) in [5.41, 5.74) is 6.19. The Labute approximate surface area is 99.6 Å². The predicted molar refractivity (Wildman–Crippen MR) is 63.2 cm³/mol. The number of benzene rings is 1. The van der Waals surface area contributed by atoms with Crippen molar-refractivity contribution in [1.29, 1.82) is 0 Å². The van der Waals surface area contributed by atoms with E-state index >= 15 is 0 Å². The Morgan fingerprint density at radius 3 is 2.41 bits per heavy atom. The summed E-state index contributed by atoms with van der Waals surface area (Å²) in [5, 5.41) is 11.4. The zero-order valence-electron chi connectivity index (χ0n) is 9.59. The van der Waals surface area contributed by atoms with Crippen LogP contribution in [0.2, 0.25) is 0 Å². The van der Waals surface area contributed by atoms with Gasteiger partial charge in [-0.05, 0) is 12.5 Å². The van der Waals surface area contributed by atoms with E-state index < -0.39 is 18.1 Å². The highest BCUT2D eigenvalue weighted by Gasteiger charge is 2.19. The lowest BCUT2D eigenvalue weighted by Gasteiger charge is -2.18. The third-order valence-electron chi connectivity index (χ3n) is 2.31. The highest BCUT2D eigenvalue weighted by atomic mass is 16.4. The third-order valence-corrected chi connectivity index (χ3v) is 2.31. The van der Waals surface area contributed by atoms with Crippen molar-refractivity contribution in [1.82, 2.24) is 5.32 Å². The molecule has 0 aliphatic heterocycles. The highest BCUT2D eigenvalue weighted by Crippen LogP contribution is 2.16. The van der Waals surface area contributed by atoms with E-state index in [1.54, 1.807) is 31.2 Å². The maximum absolute atomic E-state index is 11.5. The second kappa shape index (κ2) is 6.00. The lowest BCUT2D eigenvalue weighted by Crippen LogP contribution is -2.40. The van der Waals surface area contributed by atoms with Gasteiger partial charge >= 0.3 is 5.97 Å². The standard InChI is InChI=1S/C12H16N2O3/c1-8(13)12(17)14-10(7-11(15)16)9-5-3-2-4-6-9/h2-6,8,10H,7,13H2,1H3,(H,14,17)(H,15,16)/t8-,10+/m0/s1. The molecule has 92 valence electrons. The van der Waals surface area contributed by atoms with Crippen LogP contribution in [0.5, 0.6) is 0 Å². The Balaban J connectivity index is 2.81. The number of carbonyl (C=O) groups is 2. The van der Waals surface area contributed by atoms with Crippen molar-refractivity contribution in [2.24, 2.45) is 5.73 Å². The number of rotatable bonds is 5. The first kappa shape index (κ1) is 13.2. The van der Waals surface area contributed by atoms with Crippen LogP contribution in [0.1, 0.15) is 24.9 Å². The Bertz CT molecular complexity index is 390. The first-order valence-electron chi connectivity index (χ1n) is 5.33. The molecule has 1 rings (SSSR count). The number of amides is 1. The topological polar surface area (TPSA) is 92.4 Å². The molecule has 0 saturated heterocycles. The molecule has 0 radical (unpaired) electrons. The van der Waals surface area contributed by atoms with E-state index in [1.165, 1.54) is 0 Å². The zero-order chi connectivity index (χ0) is 12.8. The lowest BCUT2D eigenvalue weighted by molar-refractivity contribution is -0.137. The van der Waals surface area contributed by atoms with Crippen LogP contribution < -0.4 is 11.1 Å². The number of carboxylic acid groups (broad SMARTS) is 1. The summed E-state index contributed by atoms with van der Waals surface area (Å²) < 4.78 is 0. The van der Waals surface area contributed by atoms with Crippen LogP contribution in [0.25, 0.3) is 0 Å². The smallest absolute Gasteiger partial charge is 0.305 e. The lowest BCUT2D eigenvalue weighted by atomic mass is 10.0. The number of nitrogens with two attached hydrogens (primary N) is 1. The fraction of sp³-hybridized carbons (Fsp3) is 0.333. The van der Waals surface area contributed by atoms with E-state index in [9.17, 15) is 9.59 Å². The molecule has 17 heavy (non-hydrogen) atoms. The summed E-state index contributed by atoms with van der Waals surface area (Å²) in [6, 6.07) is 7.76. The highest BCUT2D eigenvalue weighted by molar-refractivity contribution is 5.82. The van der Waals surface area contributed by atoms with Crippen LogP contribution in [-0.2, 0) is 9.59 Å². The summed E-state index contributed by atoms with van der Waals surface area (Å²) in [6.07, 6.45) is -0.164. The molecule has 0 fully saturated rings. The Kier molecular flexibility index (Phi) is 4.66. The van der Waals surface area contributed by atoms with Crippen molar-refractivity contribution in [3.05, 3.63) is 35.9 Å². The maximum Gasteiger partial charge on any atom is 0.305 e. The van der Waals surface area contributed by atoms with Crippen LogP contribution in [0.3, 0.4) is 0 Å². The molecule has 5 heteroatoms. The second-order valence-electron chi connectivity index (χ2n) is 3.86. The second-order valence-corrected chi connectivity index (χ2v) is 3.86. The Morgan fingerprint density at radius 1 is 1.35 bits per heavy atom. The number of carbonyl (C=O) groups excluding carboxylic acids is 1. The minimum atomic E-state index is -0.969. The largest absolute Gasteiger partial charge is 0.481 e. The van der Waals surface area contributed by atoms with Crippen LogP contribution >= 0.6 is 0 Å². The SMILES string of the molecule is C[C@H](N)C(=O)N[C@H](CC(=O)O)c1ccccc1. The number of hydrogen-bond donors (Lipinski definition) is 3. The number of carboxylic acids is 1. The number of nitrogens with one attached hydrogen (secondary N) is 1. The zero-order valence-corrected chi connectivity index (χ0v) is 9.59. The van der Waals surface area contributed by atoms with Gasteiger partial charge in [0.15, 0.2) is 0 Å². The van der Waals surface area contributed by atoms with E-state index in [4.69, 9.17) is 10.8 Å². The average molecular weight is 236 g/mol. The van der Waals surface area contributed by atoms with Crippen LogP contribution in [-0.4, -0.2) is 23.0 Å². The monoisotopic (exact) mass is 236 g/mol. The molecule has 0 bridgehead atoms. The van der Waals surface area contributed by atoms with E-state index in [-0.39, 0.29) is 12.3 Å². The fourth-order valence-corrected chi connectivity index (χ4v) is 1.42. The predicted octanol–water partition coefficient (Wildman–Crippen LogP) is 0.666. The summed E-state index contributed by atoms with van der Waals surface area (Å²) in [6.45, 7) is 1.55. The minimum absolute atomic E-state index is 0.164. The molecule has 0 saturated carbocycles. The van der Waals surface area contributed by atoms with Gasteiger partial charge in [0.1, 0.15) is 0 Å². The molecule has 0 spiro atoms. The molecule has 0 heterocycles. The molecule has 1 aromatic carbocycles. The molecule has 0 unspecified atom stereocenters. The van der Waals surface area contributed by atoms with Gasteiger partial charge in [-0.15, -0.1) is 0 Å². The van der Waals surface area contributed by atoms with Gasteiger partial charge in [0.2, 0.25) is 5.91 Å². The van der Waals surface area contributed by atoms with E-state index in [2.05, 4.69) is 5.32 Å². The maximum atomic E-state index is 11.5. The van der Waals surface area contributed by atoms with Gasteiger partial charge in [-0.1, -0.05) is 30.3 Å². The summed E-state index contributed by atoms with van der Waals surface area (Å²) in [5.74, 6) is -1.33. The molecule has 0 aromatic heterocycles. The van der Waals surface area contributed by atoms with Gasteiger partial charge in [-0.2, -0.15) is 0 Å². The van der Waals surface area contributed by atoms with Gasteiger partial charge in [0, 0.05) is 0 Å². The van der Waals surface area contributed by atoms with E-state index in [0.29, 0.717) is 0 Å². The Hall–Kier alpha value is -1.88. The van der Waals surface area contributed by atoms with Crippen molar-refractivity contribution in [2.45, 2.75) is 25.4 Å². The van der Waals surface area contributed by atoms with Crippen molar-refractivity contribution in [3.8, 4) is 0 Å². The molecule has 4 N–H and O–H groups in total. The molecule has 1 amide bonds. The van der Waals surface area contributed by atoms with Crippen molar-refractivity contribution >= 4 is 11.9 Å². The quantitative estimate of drug-likeness (QED) is 0.700. The van der Waals surface area contributed by atoms with Gasteiger partial charge in [0.25, 0.3) is 0 Å². The fourth-order valence-electron chi connectivity index (χ4n) is 1.42. The van der Waals surface area contributed by atoms with E-state index in [1.807, 2.05) is 6.07 Å². The molecular formula is C12H16N2O3. The molecule has 0 aliphatic carbocycles. The molecular weight excluding hydrogens is 220 g/mol. The summed E-state index contributed by atoms with van der Waals surface area (Å²) in [7, 11) is 0. The van der Waals surface area contributed by atoms with Gasteiger partial charge < -0.3 is 16.2 Å². The van der Waals surface area contributed by atoms with Gasteiger partial charge in [-0.3, -0.25) is 9.59 Å². The summed E-state index contributed by atoms with van der Waals surface area (Å²) in [4.78, 5) is 22.2. The number of hydrogen-bond acceptors (Lipinski definition) is 3. The molecule has 5 nitrogen and oxygen atoms in total. The summed E-state index contributed by atoms with van der Waals surface area (Å²) >= 11 is 0. The first-order chi connectivity index (χ1) is 8.00. The van der Waals surface area contributed by atoms with Crippen molar-refractivity contribution in [2.75, 3.05) is 0 Å². The minimum Gasteiger partial charge on any atom is -0.481 e. The van der Waals surface area contributed by atoms with Gasteiger partial charge in [0.05, 0.1) is 18.5 Å². The van der Waals surface area contributed by atoms with Crippen molar-refractivity contribution in [3.63, 3.8) is 0 Å². The van der Waals surface area contributed by atoms with Gasteiger partial charge in [-0.25, -0.2) is 0 Å². The van der Waals surface area contributed by atoms with E-state index in [0.717, 1.165) is 5.56 Å². The molecule has 1 aromatic rings. The molecule has 0 aliphatic rings. The third kappa shape index (κ3) is 4.24. The van der Waals surface area contributed by atoms with Crippen LogP contribution in [0.15, 0.2) is 30.3 Å². The van der Waals surface area contributed by atoms with Crippen LogP contribution in [0.4, 0.5) is 0 Å². The first-order valence-corrected chi connectivity index (χ1v) is 5.33.